The first-order chi connectivity index (χ1) is 7.76. The van der Waals surface area contributed by atoms with Crippen molar-refractivity contribution in [2.45, 2.75) is 53.1 Å². The summed E-state index contributed by atoms with van der Waals surface area (Å²) in [4.78, 5) is 0. The number of hydrogen-bond acceptors (Lipinski definition) is 3. The highest BCUT2D eigenvalue weighted by molar-refractivity contribution is 9.10. The normalized spacial score (nSPS) is 14.4. The number of rotatable bonds is 4. The maximum Gasteiger partial charge on any atom is 0.0712 e. The van der Waals surface area contributed by atoms with Crippen molar-refractivity contribution < 1.29 is 0 Å². The fraction of sp³-hybridized carbons (Fsp3) is 0.750. The van der Waals surface area contributed by atoms with Gasteiger partial charge in [-0.05, 0) is 41.6 Å². The lowest BCUT2D eigenvalue weighted by Gasteiger charge is -2.27. The molecule has 4 nitrogen and oxygen atoms in total. The van der Waals surface area contributed by atoms with Crippen LogP contribution in [-0.4, -0.2) is 9.78 Å². The fourth-order valence-corrected chi connectivity index (χ4v) is 2.48. The molecule has 1 aromatic heterocycles. The third-order valence-electron chi connectivity index (χ3n) is 2.62. The Morgan fingerprint density at radius 3 is 2.47 bits per heavy atom. The summed E-state index contributed by atoms with van der Waals surface area (Å²) in [5, 5.41) is 4.39. The Labute approximate surface area is 112 Å². The summed E-state index contributed by atoms with van der Waals surface area (Å²) in [7, 11) is 0. The fourth-order valence-electron chi connectivity index (χ4n) is 1.94. The van der Waals surface area contributed by atoms with E-state index in [1.807, 2.05) is 10.9 Å². The molecule has 1 heterocycles. The van der Waals surface area contributed by atoms with Crippen LogP contribution in [0.5, 0.6) is 0 Å². The van der Waals surface area contributed by atoms with Gasteiger partial charge in [0.05, 0.1) is 22.4 Å². The van der Waals surface area contributed by atoms with E-state index in [0.717, 1.165) is 16.6 Å². The first kappa shape index (κ1) is 14.7. The van der Waals surface area contributed by atoms with Crippen LogP contribution in [0.2, 0.25) is 0 Å². The van der Waals surface area contributed by atoms with Crippen LogP contribution in [0.4, 0.5) is 0 Å². The third-order valence-corrected chi connectivity index (χ3v) is 3.23. The molecule has 98 valence electrons. The van der Waals surface area contributed by atoms with Gasteiger partial charge in [0.15, 0.2) is 0 Å². The van der Waals surface area contributed by atoms with Crippen LogP contribution in [0.1, 0.15) is 58.8 Å². The summed E-state index contributed by atoms with van der Waals surface area (Å²) in [6.45, 7) is 10.9. The van der Waals surface area contributed by atoms with Gasteiger partial charge in [0, 0.05) is 6.04 Å². The Bertz CT molecular complexity index is 365. The molecule has 1 unspecified atom stereocenters. The predicted octanol–water partition coefficient (Wildman–Crippen LogP) is 3.17. The molecule has 1 atom stereocenters. The monoisotopic (exact) mass is 302 g/mol. The zero-order valence-electron chi connectivity index (χ0n) is 11.3. The molecule has 0 radical (unpaired) electrons. The maximum absolute atomic E-state index is 5.70. The number of hydrogen-bond donors (Lipinski definition) is 2. The smallest absolute Gasteiger partial charge is 0.0712 e. The van der Waals surface area contributed by atoms with E-state index in [4.69, 9.17) is 5.84 Å². The van der Waals surface area contributed by atoms with E-state index in [1.54, 1.807) is 0 Å². The summed E-state index contributed by atoms with van der Waals surface area (Å²) in [6.07, 6.45) is 2.79. The van der Waals surface area contributed by atoms with Gasteiger partial charge < -0.3 is 0 Å². The average Bonchev–Trinajstić information content (AvgIpc) is 2.55. The highest BCUT2D eigenvalue weighted by Gasteiger charge is 2.25. The van der Waals surface area contributed by atoms with E-state index in [1.165, 1.54) is 0 Å². The lowest BCUT2D eigenvalue weighted by molar-refractivity contribution is 0.299. The van der Waals surface area contributed by atoms with Crippen LogP contribution in [0, 0.1) is 5.41 Å². The van der Waals surface area contributed by atoms with Gasteiger partial charge in [0.1, 0.15) is 0 Å². The second-order valence-corrected chi connectivity index (χ2v) is 6.75. The SMILES string of the molecule is CC(C)n1ncc(Br)c1C(CC(C)(C)C)NN. The Morgan fingerprint density at radius 2 is 2.06 bits per heavy atom. The van der Waals surface area contributed by atoms with E-state index >= 15 is 0 Å². The van der Waals surface area contributed by atoms with Crippen molar-refractivity contribution in [1.29, 1.82) is 0 Å². The molecule has 0 aliphatic rings. The van der Waals surface area contributed by atoms with Crippen molar-refractivity contribution >= 4 is 15.9 Å². The molecular weight excluding hydrogens is 280 g/mol. The lowest BCUT2D eigenvalue weighted by atomic mass is 9.87. The minimum atomic E-state index is 0.106. The number of nitrogens with zero attached hydrogens (tertiary/aromatic N) is 2. The van der Waals surface area contributed by atoms with Crippen molar-refractivity contribution in [1.82, 2.24) is 15.2 Å². The van der Waals surface area contributed by atoms with Gasteiger partial charge in [-0.3, -0.25) is 16.0 Å². The van der Waals surface area contributed by atoms with Crippen LogP contribution in [0.25, 0.3) is 0 Å². The molecule has 3 N–H and O–H groups in total. The minimum absolute atomic E-state index is 0.106. The molecule has 0 saturated carbocycles. The molecule has 0 fully saturated rings. The number of nitrogens with one attached hydrogen (secondary N) is 1. The first-order valence-corrected chi connectivity index (χ1v) is 6.74. The zero-order valence-corrected chi connectivity index (χ0v) is 12.9. The molecule has 5 heteroatoms. The van der Waals surface area contributed by atoms with E-state index in [0.29, 0.717) is 6.04 Å². The highest BCUT2D eigenvalue weighted by Crippen LogP contribution is 2.33. The summed E-state index contributed by atoms with van der Waals surface area (Å²) in [6, 6.07) is 0.432. The maximum atomic E-state index is 5.70. The third kappa shape index (κ3) is 3.79. The largest absolute Gasteiger partial charge is 0.271 e. The van der Waals surface area contributed by atoms with Crippen LogP contribution < -0.4 is 11.3 Å². The van der Waals surface area contributed by atoms with Crippen molar-refractivity contribution in [2.75, 3.05) is 0 Å². The van der Waals surface area contributed by atoms with Crippen molar-refractivity contribution in [2.24, 2.45) is 11.3 Å². The van der Waals surface area contributed by atoms with Gasteiger partial charge in [-0.25, -0.2) is 0 Å². The van der Waals surface area contributed by atoms with Gasteiger partial charge in [0.2, 0.25) is 0 Å². The molecule has 0 aromatic carbocycles. The minimum Gasteiger partial charge on any atom is -0.271 e. The number of aromatic nitrogens is 2. The predicted molar refractivity (Wildman–Crippen MR) is 74.4 cm³/mol. The molecule has 17 heavy (non-hydrogen) atoms. The van der Waals surface area contributed by atoms with Crippen LogP contribution in [0.3, 0.4) is 0 Å². The van der Waals surface area contributed by atoms with Crippen LogP contribution in [0.15, 0.2) is 10.7 Å². The summed E-state index contributed by atoms with van der Waals surface area (Å²) in [5.74, 6) is 5.70. The van der Waals surface area contributed by atoms with E-state index < -0.39 is 0 Å². The molecule has 0 aliphatic heterocycles. The standard InChI is InChI=1S/C12H23BrN4/c1-8(2)17-11(9(13)7-15-17)10(16-14)6-12(3,4)5/h7-8,10,16H,6,14H2,1-5H3. The molecule has 0 bridgehead atoms. The number of hydrazine groups is 1. The highest BCUT2D eigenvalue weighted by atomic mass is 79.9. The molecule has 0 spiro atoms. The quantitative estimate of drug-likeness (QED) is 0.663. The molecule has 0 saturated heterocycles. The van der Waals surface area contributed by atoms with E-state index in [-0.39, 0.29) is 11.5 Å². The van der Waals surface area contributed by atoms with E-state index in [9.17, 15) is 0 Å². The topological polar surface area (TPSA) is 55.9 Å². The van der Waals surface area contributed by atoms with Crippen LogP contribution in [-0.2, 0) is 0 Å². The number of halogens is 1. The van der Waals surface area contributed by atoms with Crippen molar-refractivity contribution in [3.63, 3.8) is 0 Å². The number of nitrogens with two attached hydrogens (primary N) is 1. The Morgan fingerprint density at radius 1 is 1.47 bits per heavy atom. The van der Waals surface area contributed by atoms with Gasteiger partial charge in [-0.1, -0.05) is 20.8 Å². The molecule has 0 amide bonds. The second-order valence-electron chi connectivity index (χ2n) is 5.90. The summed E-state index contributed by atoms with van der Waals surface area (Å²) in [5.41, 5.74) is 4.24. The van der Waals surface area contributed by atoms with E-state index in [2.05, 4.69) is 61.1 Å². The second kappa shape index (κ2) is 5.50. The molecule has 0 aliphatic carbocycles. The Hall–Kier alpha value is -0.390. The van der Waals surface area contributed by atoms with Crippen molar-refractivity contribution in [3.8, 4) is 0 Å². The molecule has 1 rings (SSSR count). The average molecular weight is 303 g/mol. The van der Waals surface area contributed by atoms with Gasteiger partial charge >= 0.3 is 0 Å². The van der Waals surface area contributed by atoms with Gasteiger partial charge in [0.25, 0.3) is 0 Å². The first-order valence-electron chi connectivity index (χ1n) is 5.95. The summed E-state index contributed by atoms with van der Waals surface area (Å²) >= 11 is 3.56. The Balaban J connectivity index is 3.07. The zero-order chi connectivity index (χ0) is 13.2. The van der Waals surface area contributed by atoms with Gasteiger partial charge in [-0.2, -0.15) is 5.10 Å². The van der Waals surface area contributed by atoms with Gasteiger partial charge in [-0.15, -0.1) is 0 Å². The molecular formula is C12H23BrN4. The Kier molecular flexibility index (Phi) is 4.75. The summed E-state index contributed by atoms with van der Waals surface area (Å²) < 4.78 is 3.03. The molecule has 1 aromatic rings. The van der Waals surface area contributed by atoms with Crippen LogP contribution >= 0.6 is 15.9 Å². The lowest BCUT2D eigenvalue weighted by Crippen LogP contribution is -2.33. The van der Waals surface area contributed by atoms with Crippen molar-refractivity contribution in [3.05, 3.63) is 16.4 Å².